The van der Waals surface area contributed by atoms with Gasteiger partial charge in [-0.25, -0.2) is 15.0 Å². The van der Waals surface area contributed by atoms with Crippen LogP contribution in [0.25, 0.3) is 32.7 Å². The number of rotatable bonds is 15. The number of nitrogens with one attached hydrogen (secondary N) is 3. The highest BCUT2D eigenvalue weighted by atomic mass is 35.5. The van der Waals surface area contributed by atoms with E-state index in [9.17, 15) is 19.2 Å². The van der Waals surface area contributed by atoms with Gasteiger partial charge in [0.1, 0.15) is 23.1 Å². The van der Waals surface area contributed by atoms with Crippen LogP contribution >= 0.6 is 34.8 Å². The monoisotopic (exact) mass is 1350 g/mol. The first-order chi connectivity index (χ1) is 45.9. The van der Waals surface area contributed by atoms with Gasteiger partial charge in [0.05, 0.1) is 55.1 Å². The Morgan fingerprint density at radius 3 is 1.11 bits per heavy atom. The number of anilines is 3. The van der Waals surface area contributed by atoms with E-state index in [0.29, 0.717) is 85.8 Å². The molecule has 0 aliphatic heterocycles. The van der Waals surface area contributed by atoms with Crippen molar-refractivity contribution in [1.29, 1.82) is 0 Å². The van der Waals surface area contributed by atoms with E-state index in [1.807, 2.05) is 90.1 Å². The number of aryl methyl sites for hydroxylation is 6. The lowest BCUT2D eigenvalue weighted by atomic mass is 10.0. The van der Waals surface area contributed by atoms with Crippen LogP contribution in [0.1, 0.15) is 140 Å². The molecule has 13 N–H and O–H groups in total. The van der Waals surface area contributed by atoms with Crippen molar-refractivity contribution in [2.24, 2.45) is 11.5 Å². The third-order valence-electron chi connectivity index (χ3n) is 15.9. The smallest absolute Gasteiger partial charge is 0.251 e. The van der Waals surface area contributed by atoms with Gasteiger partial charge in [-0.15, -0.1) is 0 Å². The molecule has 12 aromatic rings. The first-order valence-electron chi connectivity index (χ1n) is 30.1. The van der Waals surface area contributed by atoms with Crippen molar-refractivity contribution in [3.05, 3.63) is 281 Å². The molecule has 0 saturated carbocycles. The number of pyridine rings is 9. The fraction of sp³-hybridized carbons (Fsp3) is 0.164. The number of benzene rings is 3. The van der Waals surface area contributed by atoms with E-state index in [0.717, 1.165) is 94.3 Å². The molecule has 97 heavy (non-hydrogen) atoms. The predicted molar refractivity (Wildman–Crippen MR) is 383 cm³/mol. The molecule has 492 valence electrons. The molecular weight excluding hydrogens is 1290 g/mol. The van der Waals surface area contributed by atoms with E-state index < -0.39 is 12.1 Å². The van der Waals surface area contributed by atoms with Crippen LogP contribution in [0.4, 0.5) is 17.5 Å². The number of carbonyl (C=O) groups is 4. The Labute approximate surface area is 575 Å². The summed E-state index contributed by atoms with van der Waals surface area (Å²) >= 11 is 18.1. The molecule has 0 bridgehead atoms. The van der Waals surface area contributed by atoms with E-state index >= 15 is 0 Å². The molecule has 9 heterocycles. The average molecular weight is 1360 g/mol. The van der Waals surface area contributed by atoms with Gasteiger partial charge in [0.2, 0.25) is 5.78 Å². The minimum absolute atomic E-state index is 0. The number of amides is 3. The van der Waals surface area contributed by atoms with Gasteiger partial charge in [-0.1, -0.05) is 54.4 Å². The zero-order chi connectivity index (χ0) is 68.5. The van der Waals surface area contributed by atoms with Crippen molar-refractivity contribution in [2.75, 3.05) is 17.2 Å². The van der Waals surface area contributed by atoms with E-state index in [1.54, 1.807) is 104 Å². The molecule has 24 heteroatoms. The van der Waals surface area contributed by atoms with Gasteiger partial charge in [-0.2, -0.15) is 0 Å². The van der Waals surface area contributed by atoms with Crippen molar-refractivity contribution in [3.63, 3.8) is 0 Å². The van der Waals surface area contributed by atoms with E-state index in [2.05, 4.69) is 60.8 Å². The second kappa shape index (κ2) is 31.1. The Balaban J connectivity index is 0.000000170. The largest absolute Gasteiger partial charge is 0.384 e. The van der Waals surface area contributed by atoms with Crippen molar-refractivity contribution in [1.82, 2.24) is 60.8 Å². The van der Waals surface area contributed by atoms with Crippen LogP contribution in [-0.4, -0.2) is 68.4 Å². The number of nitrogens with zero attached hydrogens (tertiary/aromatic N) is 9. The number of aromatic nitrogens is 9. The van der Waals surface area contributed by atoms with Gasteiger partial charge in [0, 0.05) is 112 Å². The molecule has 0 fully saturated rings. The maximum absolute atomic E-state index is 13.0. The molecule has 0 aliphatic rings. The fourth-order valence-corrected chi connectivity index (χ4v) is 11.4. The zero-order valence-electron chi connectivity index (χ0n) is 53.0. The fourth-order valence-electron chi connectivity index (χ4n) is 10.9. The summed E-state index contributed by atoms with van der Waals surface area (Å²) in [5.41, 5.74) is 45.5. The Kier molecular flexibility index (Phi) is 22.6. The summed E-state index contributed by atoms with van der Waals surface area (Å²) < 4.78 is 0. The summed E-state index contributed by atoms with van der Waals surface area (Å²) in [6.45, 7) is 12.4. The number of carbonyl (C=O) groups excluding carboxylic acids is 4. The summed E-state index contributed by atoms with van der Waals surface area (Å²) in [6.07, 6.45) is 9.39. The van der Waals surface area contributed by atoms with Crippen LogP contribution in [-0.2, 0) is 19.6 Å². The molecule has 0 radical (unpaired) electrons. The Morgan fingerprint density at radius 2 is 0.742 bits per heavy atom. The summed E-state index contributed by atoms with van der Waals surface area (Å²) in [4.78, 5) is 89.8. The van der Waals surface area contributed by atoms with Crippen LogP contribution in [0, 0.1) is 41.5 Å². The Hall–Kier alpha value is -10.9. The highest BCUT2D eigenvalue weighted by Gasteiger charge is 2.20. The second-order valence-electron chi connectivity index (χ2n) is 22.8. The van der Waals surface area contributed by atoms with Gasteiger partial charge in [0.15, 0.2) is 0 Å². The zero-order valence-corrected chi connectivity index (χ0v) is 55.3. The van der Waals surface area contributed by atoms with Crippen molar-refractivity contribution in [3.8, 4) is 0 Å². The standard InChI is InChI=1S/2C24H23ClN6O.C24H20ClN5O2.CH4/c2*1-13-7-22(26)31-14(2)19(13)12-30-24(32)16-5-6-28-21(10-16)23(27)15-3-4-20-17(8-15)9-18(25)11-29-20;1-13-7-22(26)30-14(2)19(13)12-29-24(32)16-5-6-27-21(10-16)23(31)15-3-4-20-17(8-15)9-18(25)11-28-20;/h2*3-11,23H,12,27H2,1-2H3,(H2,26,31)(H,30,32);3-11H,12H2,1-2H3,(H2,26,30)(H,29,32);1H4. The minimum atomic E-state index is -0.503. The number of nitrogens with two attached hydrogens (primary N) is 5. The van der Waals surface area contributed by atoms with E-state index in [1.165, 1.54) is 12.3 Å². The van der Waals surface area contributed by atoms with Crippen LogP contribution in [0.5, 0.6) is 0 Å². The van der Waals surface area contributed by atoms with E-state index in [-0.39, 0.29) is 36.6 Å². The summed E-state index contributed by atoms with van der Waals surface area (Å²) in [5.74, 6) is 0.336. The normalized spacial score (nSPS) is 11.5. The SMILES string of the molecule is C.Cc1cc(N)nc(C)c1CNC(=O)c1ccnc(C(=O)c2ccc3ncc(Cl)cc3c2)c1.Cc1cc(N)nc(C)c1CNC(=O)c1ccnc(C(N)c2ccc3ncc(Cl)cc3c2)c1.Cc1cc(N)nc(C)c1CNC(=O)c1ccnc(C(N)c2ccc3ncc(Cl)cc3c2)c1. The maximum Gasteiger partial charge on any atom is 0.251 e. The highest BCUT2D eigenvalue weighted by molar-refractivity contribution is 6.31. The summed E-state index contributed by atoms with van der Waals surface area (Å²) in [6, 6.07) is 36.2. The summed E-state index contributed by atoms with van der Waals surface area (Å²) in [7, 11) is 0. The van der Waals surface area contributed by atoms with Crippen molar-refractivity contribution < 1.29 is 19.2 Å². The first kappa shape index (κ1) is 70.4. The van der Waals surface area contributed by atoms with Gasteiger partial charge in [-0.05, 0) is 201 Å². The first-order valence-corrected chi connectivity index (χ1v) is 31.2. The number of hydrogen-bond acceptors (Lipinski definition) is 18. The molecule has 12 rings (SSSR count). The second-order valence-corrected chi connectivity index (χ2v) is 24.1. The Bertz CT molecular complexity index is 4720. The molecule has 3 aromatic carbocycles. The number of hydrogen-bond donors (Lipinski definition) is 8. The molecule has 2 atom stereocenters. The van der Waals surface area contributed by atoms with Gasteiger partial charge in [0.25, 0.3) is 17.7 Å². The minimum Gasteiger partial charge on any atom is -0.384 e. The van der Waals surface area contributed by atoms with Gasteiger partial charge < -0.3 is 44.6 Å². The van der Waals surface area contributed by atoms with Crippen LogP contribution in [0.2, 0.25) is 15.1 Å². The molecule has 21 nitrogen and oxygen atoms in total. The predicted octanol–water partition coefficient (Wildman–Crippen LogP) is 12.4. The lowest BCUT2D eigenvalue weighted by molar-refractivity contribution is 0.0942. The molecule has 9 aromatic heterocycles. The number of halogens is 3. The molecule has 3 amide bonds. The molecule has 0 spiro atoms. The highest BCUT2D eigenvalue weighted by Crippen LogP contribution is 2.28. The average Bonchev–Trinajstić information content (AvgIpc) is 0.831. The van der Waals surface area contributed by atoms with Crippen LogP contribution in [0.3, 0.4) is 0 Å². The summed E-state index contributed by atoms with van der Waals surface area (Å²) in [5, 5.41) is 12.9. The van der Waals surface area contributed by atoms with Crippen LogP contribution < -0.4 is 44.6 Å². The maximum atomic E-state index is 13.0. The lowest BCUT2D eigenvalue weighted by Gasteiger charge is -2.14. The van der Waals surface area contributed by atoms with E-state index in [4.69, 9.17) is 63.5 Å². The quantitative estimate of drug-likeness (QED) is 0.0442. The van der Waals surface area contributed by atoms with Gasteiger partial charge >= 0.3 is 0 Å². The number of nitrogen functional groups attached to an aromatic ring is 3. The van der Waals surface area contributed by atoms with Gasteiger partial charge in [-0.3, -0.25) is 49.1 Å². The molecule has 0 saturated heterocycles. The lowest BCUT2D eigenvalue weighted by Crippen LogP contribution is -2.25. The topological polar surface area (TPSA) is 350 Å². The third kappa shape index (κ3) is 17.3. The van der Waals surface area contributed by atoms with Crippen molar-refractivity contribution in [2.45, 2.75) is 80.7 Å². The van der Waals surface area contributed by atoms with Crippen LogP contribution in [0.15, 0.2) is 165 Å². The molecular formula is C73H70Cl3N17O4. The number of ketones is 1. The van der Waals surface area contributed by atoms with Crippen molar-refractivity contribution >= 4 is 108 Å². The molecule has 0 aliphatic carbocycles. The third-order valence-corrected chi connectivity index (χ3v) is 16.6. The number of fused-ring (bicyclic) bond motifs is 3. The molecule has 2 unspecified atom stereocenters. The Morgan fingerprint density at radius 1 is 0.402 bits per heavy atom.